The third kappa shape index (κ3) is 7.16. The zero-order valence-electron chi connectivity index (χ0n) is 20.9. The molecule has 4 rings (SSSR count). The number of rotatable bonds is 10. The van der Waals surface area contributed by atoms with Crippen molar-refractivity contribution in [3.05, 3.63) is 77.2 Å². The number of imidazole rings is 1. The highest BCUT2D eigenvalue weighted by Crippen LogP contribution is 2.26. The first-order valence-corrected chi connectivity index (χ1v) is 12.6. The highest BCUT2D eigenvalue weighted by Gasteiger charge is 2.28. The summed E-state index contributed by atoms with van der Waals surface area (Å²) in [5.41, 5.74) is 2.42. The summed E-state index contributed by atoms with van der Waals surface area (Å²) < 4.78 is 67.1. The fourth-order valence-corrected chi connectivity index (χ4v) is 4.78. The molecule has 0 saturated heterocycles. The van der Waals surface area contributed by atoms with Crippen molar-refractivity contribution >= 4 is 11.7 Å². The van der Waals surface area contributed by atoms with Gasteiger partial charge in [-0.1, -0.05) is 31.5 Å². The van der Waals surface area contributed by atoms with Crippen LogP contribution in [0, 0.1) is 11.6 Å². The summed E-state index contributed by atoms with van der Waals surface area (Å²) in [5, 5.41) is 8.53. The lowest BCUT2D eigenvalue weighted by molar-refractivity contribution is -0.125. The number of aromatic nitrogens is 2. The molecule has 1 aromatic heterocycles. The van der Waals surface area contributed by atoms with E-state index in [1.165, 1.54) is 12.4 Å². The van der Waals surface area contributed by atoms with Crippen LogP contribution in [-0.4, -0.2) is 40.3 Å². The number of benzene rings is 2. The Morgan fingerprint density at radius 2 is 2.00 bits per heavy atom. The Balaban J connectivity index is 1.40. The Bertz CT molecular complexity index is 1260. The van der Waals surface area contributed by atoms with Gasteiger partial charge in [0, 0.05) is 18.7 Å². The van der Waals surface area contributed by atoms with Gasteiger partial charge in [-0.2, -0.15) is 13.2 Å². The number of nitrogens with zero attached hydrogens (tertiary/aromatic N) is 2. The minimum atomic E-state index is -4.31. The molecule has 204 valence electrons. The standard InChI is InChI=1S/C27H30F5N5O/c1-2-5-23(35-20-9-8-17-10-19(28)11-22(29)21(17)12-20)26(38)36-25-14-37(16-34-25)24-7-4-3-6-18(24)13-33-15-27(30,31)32/h3-4,6-7,10-11,14,16,20,23,33,35H,2,5,8-9,12-13,15H2,1H3,(H,36,38)/t20-,23+/m0/s1. The summed E-state index contributed by atoms with van der Waals surface area (Å²) in [6.07, 6.45) is 1.60. The van der Waals surface area contributed by atoms with Crippen LogP contribution < -0.4 is 16.0 Å². The number of aryl methyl sites for hydroxylation is 1. The van der Waals surface area contributed by atoms with Gasteiger partial charge in [0.15, 0.2) is 5.82 Å². The number of amides is 1. The average molecular weight is 536 g/mol. The van der Waals surface area contributed by atoms with Crippen LogP contribution in [0.15, 0.2) is 48.9 Å². The van der Waals surface area contributed by atoms with Crippen LogP contribution in [0.5, 0.6) is 0 Å². The zero-order chi connectivity index (χ0) is 27.3. The van der Waals surface area contributed by atoms with Gasteiger partial charge < -0.3 is 20.5 Å². The van der Waals surface area contributed by atoms with E-state index < -0.39 is 30.4 Å². The lowest BCUT2D eigenvalue weighted by atomic mass is 9.87. The summed E-state index contributed by atoms with van der Waals surface area (Å²) in [4.78, 5) is 17.4. The molecule has 6 nitrogen and oxygen atoms in total. The fraction of sp³-hybridized carbons (Fsp3) is 0.407. The van der Waals surface area contributed by atoms with Crippen molar-refractivity contribution < 1.29 is 26.7 Å². The Morgan fingerprint density at radius 1 is 1.21 bits per heavy atom. The van der Waals surface area contributed by atoms with Crippen LogP contribution in [-0.2, 0) is 24.2 Å². The quantitative estimate of drug-likeness (QED) is 0.318. The second kappa shape index (κ2) is 12.0. The monoisotopic (exact) mass is 535 g/mol. The lowest BCUT2D eigenvalue weighted by Crippen LogP contribution is -2.48. The molecule has 11 heteroatoms. The maximum Gasteiger partial charge on any atom is 0.401 e. The summed E-state index contributed by atoms with van der Waals surface area (Å²) >= 11 is 0. The highest BCUT2D eigenvalue weighted by molar-refractivity contribution is 5.94. The minimum Gasteiger partial charge on any atom is -0.308 e. The van der Waals surface area contributed by atoms with Crippen LogP contribution in [0.4, 0.5) is 27.8 Å². The smallest absolute Gasteiger partial charge is 0.308 e. The second-order valence-corrected chi connectivity index (χ2v) is 9.48. The normalized spacial score (nSPS) is 16.2. The van der Waals surface area contributed by atoms with Crippen molar-refractivity contribution in [1.82, 2.24) is 20.2 Å². The number of hydrogen-bond acceptors (Lipinski definition) is 4. The number of anilines is 1. The molecule has 3 N–H and O–H groups in total. The van der Waals surface area contributed by atoms with E-state index in [4.69, 9.17) is 0 Å². The zero-order valence-corrected chi connectivity index (χ0v) is 20.9. The summed E-state index contributed by atoms with van der Waals surface area (Å²) in [6, 6.07) is 8.55. The first kappa shape index (κ1) is 27.7. The first-order chi connectivity index (χ1) is 18.1. The van der Waals surface area contributed by atoms with Gasteiger partial charge in [0.05, 0.1) is 24.5 Å². The fourth-order valence-electron chi connectivity index (χ4n) is 4.78. The van der Waals surface area contributed by atoms with E-state index in [1.807, 2.05) is 6.92 Å². The number of halogens is 5. The maximum absolute atomic E-state index is 14.3. The molecule has 1 aliphatic rings. The number of carbonyl (C=O) groups excluding carboxylic acids is 1. The van der Waals surface area contributed by atoms with Gasteiger partial charge in [-0.25, -0.2) is 13.8 Å². The van der Waals surface area contributed by atoms with Crippen molar-refractivity contribution in [2.24, 2.45) is 0 Å². The van der Waals surface area contributed by atoms with E-state index in [-0.39, 0.29) is 18.5 Å². The third-order valence-corrected chi connectivity index (χ3v) is 6.54. The van der Waals surface area contributed by atoms with E-state index >= 15 is 0 Å². The first-order valence-electron chi connectivity index (χ1n) is 12.6. The van der Waals surface area contributed by atoms with Gasteiger partial charge >= 0.3 is 6.18 Å². The van der Waals surface area contributed by atoms with Gasteiger partial charge in [-0.3, -0.25) is 4.79 Å². The molecule has 2 aromatic carbocycles. The molecular weight excluding hydrogens is 505 g/mol. The van der Waals surface area contributed by atoms with Crippen LogP contribution >= 0.6 is 0 Å². The van der Waals surface area contributed by atoms with Crippen LogP contribution in [0.25, 0.3) is 5.69 Å². The average Bonchev–Trinajstić information content (AvgIpc) is 3.32. The number of fused-ring (bicyclic) bond motifs is 1. The third-order valence-electron chi connectivity index (χ3n) is 6.54. The molecule has 1 amide bonds. The highest BCUT2D eigenvalue weighted by atomic mass is 19.4. The predicted octanol–water partition coefficient (Wildman–Crippen LogP) is 5.06. The molecule has 1 heterocycles. The molecule has 3 aromatic rings. The van der Waals surface area contributed by atoms with Gasteiger partial charge in [-0.15, -0.1) is 0 Å². The van der Waals surface area contributed by atoms with E-state index in [0.717, 1.165) is 12.5 Å². The molecule has 0 fully saturated rings. The maximum atomic E-state index is 14.3. The summed E-state index contributed by atoms with van der Waals surface area (Å²) in [7, 11) is 0. The van der Waals surface area contributed by atoms with Crippen LogP contribution in [0.3, 0.4) is 0 Å². The largest absolute Gasteiger partial charge is 0.401 e. The summed E-state index contributed by atoms with van der Waals surface area (Å²) in [5.74, 6) is -1.15. The van der Waals surface area contributed by atoms with Crippen LogP contribution in [0.2, 0.25) is 0 Å². The number of carbonyl (C=O) groups is 1. The molecule has 0 aliphatic heterocycles. The molecule has 0 bridgehead atoms. The Morgan fingerprint density at radius 3 is 2.76 bits per heavy atom. The SMILES string of the molecule is CCC[C@@H](N[C@H]1CCc2cc(F)cc(F)c2C1)C(=O)Nc1cn(-c2ccccc2CNCC(F)(F)F)cn1. The second-order valence-electron chi connectivity index (χ2n) is 9.48. The van der Waals surface area contributed by atoms with Crippen LogP contribution in [0.1, 0.15) is 42.9 Å². The van der Waals surface area contributed by atoms with Gasteiger partial charge in [0.2, 0.25) is 5.91 Å². The molecule has 0 saturated carbocycles. The predicted molar refractivity (Wildman–Crippen MR) is 134 cm³/mol. The molecule has 0 radical (unpaired) electrons. The van der Waals surface area contributed by atoms with E-state index in [1.54, 1.807) is 35.0 Å². The van der Waals surface area contributed by atoms with Gasteiger partial charge in [0.1, 0.15) is 18.0 Å². The molecule has 1 aliphatic carbocycles. The summed E-state index contributed by atoms with van der Waals surface area (Å²) in [6.45, 7) is 0.864. The van der Waals surface area contributed by atoms with E-state index in [0.29, 0.717) is 53.9 Å². The van der Waals surface area contributed by atoms with Crippen molar-refractivity contribution in [2.45, 2.75) is 63.8 Å². The Labute approximate surface area is 217 Å². The number of para-hydroxylation sites is 1. The van der Waals surface area contributed by atoms with Crippen molar-refractivity contribution in [3.8, 4) is 5.69 Å². The molecule has 0 unspecified atom stereocenters. The Kier molecular flexibility index (Phi) is 8.78. The van der Waals surface area contributed by atoms with Gasteiger partial charge in [-0.05, 0) is 54.5 Å². The molecule has 0 spiro atoms. The van der Waals surface area contributed by atoms with Crippen molar-refractivity contribution in [2.75, 3.05) is 11.9 Å². The Hall–Kier alpha value is -3.31. The molecule has 2 atom stereocenters. The van der Waals surface area contributed by atoms with E-state index in [2.05, 4.69) is 20.9 Å². The molecular formula is C27H30F5N5O. The minimum absolute atomic E-state index is 0.00972. The lowest BCUT2D eigenvalue weighted by Gasteiger charge is -2.29. The number of alkyl halides is 3. The van der Waals surface area contributed by atoms with E-state index in [9.17, 15) is 26.7 Å². The molecule has 38 heavy (non-hydrogen) atoms. The number of hydrogen-bond donors (Lipinski definition) is 3. The van der Waals surface area contributed by atoms with Gasteiger partial charge in [0.25, 0.3) is 0 Å². The topological polar surface area (TPSA) is 71.0 Å². The van der Waals surface area contributed by atoms with Crippen molar-refractivity contribution in [3.63, 3.8) is 0 Å². The van der Waals surface area contributed by atoms with Crippen molar-refractivity contribution in [1.29, 1.82) is 0 Å². The number of nitrogens with one attached hydrogen (secondary N) is 3.